The van der Waals surface area contributed by atoms with Crippen molar-refractivity contribution in [2.75, 3.05) is 14.1 Å². The molecule has 2 heterocycles. The minimum atomic E-state index is 0.577. The third-order valence-corrected chi connectivity index (χ3v) is 4.79. The van der Waals surface area contributed by atoms with Gasteiger partial charge in [-0.2, -0.15) is 5.26 Å². The Kier molecular flexibility index (Phi) is 5.19. The predicted molar refractivity (Wildman–Crippen MR) is 115 cm³/mol. The molecule has 4 aromatic rings. The highest BCUT2D eigenvalue weighted by molar-refractivity contribution is 5.96. The number of rotatable bonds is 5. The van der Waals surface area contributed by atoms with Crippen LogP contribution in [0.25, 0.3) is 28.4 Å². The normalized spacial score (nSPS) is 11.4. The zero-order chi connectivity index (χ0) is 20.2. The summed E-state index contributed by atoms with van der Waals surface area (Å²) in [4.78, 5) is 10.3. The smallest absolute Gasteiger partial charge is 0.116 e. The molecule has 0 atom stereocenters. The van der Waals surface area contributed by atoms with Crippen LogP contribution in [0, 0.1) is 11.3 Å². The maximum Gasteiger partial charge on any atom is 0.116 e. The molecule has 1 N–H and O–H groups in total. The van der Waals surface area contributed by atoms with Crippen molar-refractivity contribution in [3.63, 3.8) is 0 Å². The second kappa shape index (κ2) is 8.09. The SMILES string of the molecule is C[NH+](C)/C=C/c1c(C#N)c2ncnc(-c3ccccc3)c2n1Cc1ccccc1. The number of quaternary nitrogens is 1. The molecule has 2 aromatic carbocycles. The van der Waals surface area contributed by atoms with E-state index in [1.54, 1.807) is 6.33 Å². The van der Waals surface area contributed by atoms with E-state index < -0.39 is 0 Å². The van der Waals surface area contributed by atoms with Gasteiger partial charge < -0.3 is 9.47 Å². The molecule has 0 aliphatic rings. The van der Waals surface area contributed by atoms with Gasteiger partial charge in [0.25, 0.3) is 0 Å². The zero-order valence-corrected chi connectivity index (χ0v) is 16.5. The predicted octanol–water partition coefficient (Wildman–Crippen LogP) is 3.13. The third kappa shape index (κ3) is 3.66. The van der Waals surface area contributed by atoms with Gasteiger partial charge in [0.2, 0.25) is 0 Å². The van der Waals surface area contributed by atoms with Gasteiger partial charge in [-0.3, -0.25) is 0 Å². The highest BCUT2D eigenvalue weighted by atomic mass is 15.1. The van der Waals surface area contributed by atoms with Gasteiger partial charge in [0.1, 0.15) is 23.5 Å². The standard InChI is InChI=1S/C24H21N5/c1-28(2)14-13-21-20(15-25)23-24(29(21)16-18-9-5-3-6-10-18)22(26-17-27-23)19-11-7-4-8-12-19/h3-14,17H,16H2,1-2H3/p+1/b14-13+. The van der Waals surface area contributed by atoms with Crippen LogP contribution in [0.3, 0.4) is 0 Å². The molecule has 0 spiro atoms. The zero-order valence-electron chi connectivity index (χ0n) is 16.5. The molecule has 0 unspecified atom stereocenters. The van der Waals surface area contributed by atoms with Crippen molar-refractivity contribution >= 4 is 17.1 Å². The van der Waals surface area contributed by atoms with Crippen LogP contribution in [0.4, 0.5) is 0 Å². The van der Waals surface area contributed by atoms with Crippen LogP contribution < -0.4 is 4.90 Å². The van der Waals surface area contributed by atoms with Crippen LogP contribution in [0.2, 0.25) is 0 Å². The van der Waals surface area contributed by atoms with E-state index in [1.165, 1.54) is 4.90 Å². The Morgan fingerprint density at radius 1 is 1.00 bits per heavy atom. The van der Waals surface area contributed by atoms with Crippen LogP contribution in [-0.4, -0.2) is 28.6 Å². The summed E-state index contributed by atoms with van der Waals surface area (Å²) in [6, 6.07) is 22.7. The van der Waals surface area contributed by atoms with Crippen LogP contribution in [-0.2, 0) is 6.54 Å². The average Bonchev–Trinajstić information content (AvgIpc) is 3.06. The molecule has 0 saturated heterocycles. The number of fused-ring (bicyclic) bond motifs is 1. The average molecular weight is 380 g/mol. The lowest BCUT2D eigenvalue weighted by atomic mass is 10.1. The first kappa shape index (κ1) is 18.6. The summed E-state index contributed by atoms with van der Waals surface area (Å²) in [5.74, 6) is 0. The first-order valence-electron chi connectivity index (χ1n) is 9.54. The number of nitrogens with zero attached hydrogens (tertiary/aromatic N) is 4. The maximum absolute atomic E-state index is 9.96. The maximum atomic E-state index is 9.96. The van der Waals surface area contributed by atoms with Gasteiger partial charge in [0.15, 0.2) is 0 Å². The van der Waals surface area contributed by atoms with Gasteiger partial charge in [-0.05, 0) is 5.56 Å². The van der Waals surface area contributed by atoms with E-state index in [0.29, 0.717) is 17.6 Å². The Morgan fingerprint density at radius 3 is 2.34 bits per heavy atom. The Morgan fingerprint density at radius 2 is 1.69 bits per heavy atom. The number of hydrogen-bond donors (Lipinski definition) is 1. The molecule has 0 saturated carbocycles. The third-order valence-electron chi connectivity index (χ3n) is 4.79. The largest absolute Gasteiger partial charge is 0.332 e. The first-order valence-corrected chi connectivity index (χ1v) is 9.54. The van der Waals surface area contributed by atoms with Gasteiger partial charge in [-0.25, -0.2) is 9.97 Å². The lowest BCUT2D eigenvalue weighted by Crippen LogP contribution is -3.00. The summed E-state index contributed by atoms with van der Waals surface area (Å²) >= 11 is 0. The molecule has 0 bridgehead atoms. The summed E-state index contributed by atoms with van der Waals surface area (Å²) in [6.07, 6.45) is 5.59. The van der Waals surface area contributed by atoms with Crippen molar-refractivity contribution in [2.24, 2.45) is 0 Å². The molecule has 4 rings (SSSR count). The summed E-state index contributed by atoms with van der Waals surface area (Å²) in [7, 11) is 4.09. The van der Waals surface area contributed by atoms with Crippen LogP contribution >= 0.6 is 0 Å². The lowest BCUT2D eigenvalue weighted by Gasteiger charge is -2.11. The van der Waals surface area contributed by atoms with E-state index in [0.717, 1.165) is 28.0 Å². The molecular formula is C24H22N5+. The minimum Gasteiger partial charge on any atom is -0.332 e. The molecule has 0 fully saturated rings. The van der Waals surface area contributed by atoms with Crippen molar-refractivity contribution in [2.45, 2.75) is 6.54 Å². The van der Waals surface area contributed by atoms with Crippen molar-refractivity contribution in [1.82, 2.24) is 14.5 Å². The van der Waals surface area contributed by atoms with E-state index in [2.05, 4.69) is 32.7 Å². The Balaban J connectivity index is 2.04. The van der Waals surface area contributed by atoms with Crippen LogP contribution in [0.5, 0.6) is 0 Å². The summed E-state index contributed by atoms with van der Waals surface area (Å²) in [5, 5.41) is 9.96. The highest BCUT2D eigenvalue weighted by Gasteiger charge is 2.21. The number of nitrogens with one attached hydrogen (secondary N) is 1. The minimum absolute atomic E-state index is 0.577. The van der Waals surface area contributed by atoms with E-state index in [1.807, 2.05) is 74.9 Å². The molecule has 2 aromatic heterocycles. The van der Waals surface area contributed by atoms with Gasteiger partial charge in [-0.1, -0.05) is 60.7 Å². The van der Waals surface area contributed by atoms with Crippen molar-refractivity contribution in [1.29, 1.82) is 5.26 Å². The number of benzene rings is 2. The number of nitriles is 1. The Labute approximate surface area is 170 Å². The lowest BCUT2D eigenvalue weighted by molar-refractivity contribution is -0.800. The molecule has 5 heteroatoms. The van der Waals surface area contributed by atoms with E-state index in [9.17, 15) is 5.26 Å². The molecule has 0 amide bonds. The van der Waals surface area contributed by atoms with Gasteiger partial charge in [0.05, 0.1) is 37.2 Å². The second-order valence-corrected chi connectivity index (χ2v) is 7.14. The van der Waals surface area contributed by atoms with Crippen molar-refractivity contribution in [3.05, 3.63) is 90.0 Å². The molecule has 0 aliphatic carbocycles. The molecule has 0 aliphatic heterocycles. The fourth-order valence-electron chi connectivity index (χ4n) is 3.46. The second-order valence-electron chi connectivity index (χ2n) is 7.14. The number of aromatic nitrogens is 3. The highest BCUT2D eigenvalue weighted by Crippen LogP contribution is 2.32. The monoisotopic (exact) mass is 380 g/mol. The molecular weight excluding hydrogens is 358 g/mol. The van der Waals surface area contributed by atoms with Gasteiger partial charge >= 0.3 is 0 Å². The summed E-state index contributed by atoms with van der Waals surface area (Å²) < 4.78 is 2.16. The quantitative estimate of drug-likeness (QED) is 0.579. The fraction of sp³-hybridized carbons (Fsp3) is 0.125. The van der Waals surface area contributed by atoms with E-state index >= 15 is 0 Å². The first-order chi connectivity index (χ1) is 14.2. The molecule has 0 radical (unpaired) electrons. The van der Waals surface area contributed by atoms with E-state index in [-0.39, 0.29) is 0 Å². The fourth-order valence-corrected chi connectivity index (χ4v) is 3.46. The van der Waals surface area contributed by atoms with Crippen molar-refractivity contribution in [3.8, 4) is 17.3 Å². The topological polar surface area (TPSA) is 58.9 Å². The molecule has 142 valence electrons. The van der Waals surface area contributed by atoms with Gasteiger partial charge in [-0.15, -0.1) is 0 Å². The van der Waals surface area contributed by atoms with E-state index in [4.69, 9.17) is 0 Å². The van der Waals surface area contributed by atoms with Crippen molar-refractivity contribution < 1.29 is 4.90 Å². The Bertz CT molecular complexity index is 1200. The summed E-state index contributed by atoms with van der Waals surface area (Å²) in [6.45, 7) is 0.634. The van der Waals surface area contributed by atoms with Crippen LogP contribution in [0.15, 0.2) is 73.2 Å². The molecule has 29 heavy (non-hydrogen) atoms. The van der Waals surface area contributed by atoms with Gasteiger partial charge in [0, 0.05) is 18.2 Å². The van der Waals surface area contributed by atoms with Crippen LogP contribution in [0.1, 0.15) is 16.8 Å². The Hall–Kier alpha value is -3.75. The molecule has 5 nitrogen and oxygen atoms in total. The number of hydrogen-bond acceptors (Lipinski definition) is 3. The summed E-state index contributed by atoms with van der Waals surface area (Å²) in [5.41, 5.74) is 5.99.